The van der Waals surface area contributed by atoms with Gasteiger partial charge in [0, 0.05) is 17.6 Å². The predicted molar refractivity (Wildman–Crippen MR) is 235 cm³/mol. The monoisotopic (exact) mass is 769 g/mol. The van der Waals surface area contributed by atoms with Gasteiger partial charge in [-0.05, 0) is 142 Å². The first-order valence-corrected chi connectivity index (χ1v) is 29.7. The molecule has 6 atom stereocenters. The molecule has 1 unspecified atom stereocenters. The fraction of sp³-hybridized carbons (Fsp3) is 0.826. The molecule has 0 aromatic rings. The summed E-state index contributed by atoms with van der Waals surface area (Å²) >= 11 is 0. The normalized spacial score (nSPS) is 27.3. The van der Waals surface area contributed by atoms with Crippen molar-refractivity contribution in [1.29, 1.82) is 0 Å². The van der Waals surface area contributed by atoms with Crippen LogP contribution in [0.25, 0.3) is 0 Å². The molecule has 0 N–H and O–H groups in total. The summed E-state index contributed by atoms with van der Waals surface area (Å²) < 4.78 is 21.3. The Kier molecular flexibility index (Phi) is 14.8. The van der Waals surface area contributed by atoms with Crippen LogP contribution in [0.1, 0.15) is 148 Å². The summed E-state index contributed by atoms with van der Waals surface area (Å²) in [5, 5.41) is 0.228. The first-order chi connectivity index (χ1) is 23.7. The van der Waals surface area contributed by atoms with Crippen LogP contribution in [-0.2, 0) is 13.3 Å². The largest absolute Gasteiger partial charge is 0.412 e. The predicted octanol–water partition coefficient (Wildman–Crippen LogP) is 14.4. The van der Waals surface area contributed by atoms with Gasteiger partial charge in [-0.3, -0.25) is 0 Å². The second-order valence-corrected chi connectivity index (χ2v) is 35.4. The Bertz CT molecular complexity index is 1370. The van der Waals surface area contributed by atoms with Crippen molar-refractivity contribution in [2.45, 2.75) is 221 Å². The minimum absolute atomic E-state index is 0.0197. The van der Waals surface area contributed by atoms with Crippen molar-refractivity contribution in [3.05, 3.63) is 34.9 Å². The Balaban J connectivity index is 1.83. The summed E-state index contributed by atoms with van der Waals surface area (Å²) in [6, 6.07) is 3.68. The average Bonchev–Trinajstić information content (AvgIpc) is 3.39. The number of rotatable bonds is 14. The molecule has 1 saturated carbocycles. The highest BCUT2D eigenvalue weighted by Crippen LogP contribution is 2.58. The van der Waals surface area contributed by atoms with E-state index in [9.17, 15) is 0 Å². The molecular weight excluding hydrogens is 685 g/mol. The first kappa shape index (κ1) is 45.7. The van der Waals surface area contributed by atoms with Crippen molar-refractivity contribution in [2.24, 2.45) is 23.2 Å². The molecule has 0 amide bonds. The first-order valence-electron chi connectivity index (χ1n) is 21.4. The van der Waals surface area contributed by atoms with Gasteiger partial charge >= 0.3 is 0 Å². The van der Waals surface area contributed by atoms with Gasteiger partial charge in [0.05, 0.1) is 17.8 Å². The van der Waals surface area contributed by atoms with Crippen LogP contribution < -0.4 is 0 Å². The molecule has 3 aliphatic rings. The molecule has 0 saturated heterocycles. The molecule has 0 radical (unpaired) electrons. The van der Waals surface area contributed by atoms with Gasteiger partial charge in [0.1, 0.15) is 0 Å². The fourth-order valence-corrected chi connectivity index (χ4v) is 15.0. The van der Waals surface area contributed by atoms with Crippen molar-refractivity contribution in [3.8, 4) is 11.8 Å². The summed E-state index contributed by atoms with van der Waals surface area (Å²) in [5.41, 5.74) is 5.25. The zero-order chi connectivity index (χ0) is 39.7. The molecular formula is C46H84O3Si3. The molecule has 1 fully saturated rings. The maximum absolute atomic E-state index is 7.17. The number of hydrogen-bond acceptors (Lipinski definition) is 3. The second-order valence-electron chi connectivity index (χ2n) is 21.2. The molecule has 0 spiro atoms. The van der Waals surface area contributed by atoms with E-state index in [4.69, 9.17) is 13.3 Å². The molecule has 52 heavy (non-hydrogen) atoms. The Morgan fingerprint density at radius 1 is 0.885 bits per heavy atom. The summed E-state index contributed by atoms with van der Waals surface area (Å²) in [6.45, 7) is 47.2. The molecule has 0 heterocycles. The highest BCUT2D eigenvalue weighted by Gasteiger charge is 2.50. The van der Waals surface area contributed by atoms with Gasteiger partial charge < -0.3 is 13.3 Å². The van der Waals surface area contributed by atoms with E-state index in [1.54, 1.807) is 0 Å². The molecule has 3 rings (SSSR count). The zero-order valence-electron chi connectivity index (χ0n) is 37.7. The third kappa shape index (κ3) is 10.2. The van der Waals surface area contributed by atoms with E-state index in [0.717, 1.165) is 36.7 Å². The van der Waals surface area contributed by atoms with Gasteiger partial charge in [-0.2, -0.15) is 0 Å². The van der Waals surface area contributed by atoms with Gasteiger partial charge in [0.2, 0.25) is 0 Å². The summed E-state index contributed by atoms with van der Waals surface area (Å²) in [5.74, 6) is 9.69. The maximum atomic E-state index is 7.17. The molecule has 0 aromatic heterocycles. The third-order valence-electron chi connectivity index (χ3n) is 15.2. The lowest BCUT2D eigenvalue weighted by atomic mass is 9.62. The summed E-state index contributed by atoms with van der Waals surface area (Å²) in [7, 11) is -5.72. The van der Waals surface area contributed by atoms with Crippen molar-refractivity contribution in [3.63, 3.8) is 0 Å². The average molecular weight is 769 g/mol. The molecule has 0 aromatic carbocycles. The molecule has 0 bridgehead atoms. The van der Waals surface area contributed by atoms with Gasteiger partial charge in [-0.15, -0.1) is 0 Å². The quantitative estimate of drug-likeness (QED) is 0.100. The van der Waals surface area contributed by atoms with Crippen molar-refractivity contribution < 1.29 is 13.3 Å². The van der Waals surface area contributed by atoms with E-state index in [1.807, 2.05) is 0 Å². The van der Waals surface area contributed by atoms with Crippen molar-refractivity contribution in [1.82, 2.24) is 0 Å². The molecule has 0 aliphatic heterocycles. The van der Waals surface area contributed by atoms with Gasteiger partial charge in [0.15, 0.2) is 25.0 Å². The Hall–Kier alpha value is -0.689. The van der Waals surface area contributed by atoms with E-state index in [-0.39, 0.29) is 27.9 Å². The van der Waals surface area contributed by atoms with Gasteiger partial charge in [-0.25, -0.2) is 0 Å². The van der Waals surface area contributed by atoms with E-state index < -0.39 is 25.0 Å². The van der Waals surface area contributed by atoms with Crippen LogP contribution in [0.4, 0.5) is 0 Å². The van der Waals surface area contributed by atoms with E-state index >= 15 is 0 Å². The van der Waals surface area contributed by atoms with E-state index in [0.29, 0.717) is 11.3 Å². The molecule has 298 valence electrons. The van der Waals surface area contributed by atoms with Crippen LogP contribution in [0, 0.1) is 35.0 Å². The van der Waals surface area contributed by atoms with Gasteiger partial charge in [0.25, 0.3) is 0 Å². The molecule has 3 nitrogen and oxygen atoms in total. The van der Waals surface area contributed by atoms with Crippen molar-refractivity contribution in [2.75, 3.05) is 0 Å². The van der Waals surface area contributed by atoms with Crippen LogP contribution in [0.15, 0.2) is 34.9 Å². The zero-order valence-corrected chi connectivity index (χ0v) is 40.7. The van der Waals surface area contributed by atoms with Crippen molar-refractivity contribution >= 4 is 25.0 Å². The Morgan fingerprint density at radius 3 is 1.98 bits per heavy atom. The minimum Gasteiger partial charge on any atom is -0.412 e. The smallest absolute Gasteiger partial charge is 0.193 e. The second kappa shape index (κ2) is 16.8. The Morgan fingerprint density at radius 2 is 1.44 bits per heavy atom. The summed E-state index contributed by atoms with van der Waals surface area (Å²) in [4.78, 5) is 0. The third-order valence-corrected chi connectivity index (χ3v) is 29.0. The Labute approximate surface area is 327 Å². The molecule has 6 heteroatoms. The van der Waals surface area contributed by atoms with Crippen LogP contribution in [0.2, 0.25) is 54.4 Å². The maximum Gasteiger partial charge on any atom is 0.193 e. The van der Waals surface area contributed by atoms with Crippen LogP contribution in [0.5, 0.6) is 0 Å². The number of hydrogen-bond donors (Lipinski definition) is 0. The van der Waals surface area contributed by atoms with Crippen LogP contribution >= 0.6 is 0 Å². The highest BCUT2D eigenvalue weighted by molar-refractivity contribution is 6.75. The minimum atomic E-state index is -2.07. The topological polar surface area (TPSA) is 27.7 Å². The van der Waals surface area contributed by atoms with Crippen LogP contribution in [0.3, 0.4) is 0 Å². The fourth-order valence-electron chi connectivity index (χ4n) is 9.21. The van der Waals surface area contributed by atoms with E-state index in [1.165, 1.54) is 67.0 Å². The van der Waals surface area contributed by atoms with E-state index in [2.05, 4.69) is 148 Å². The lowest BCUT2D eigenvalue weighted by Gasteiger charge is -2.46. The number of allylic oxidation sites excluding steroid dienone is 2. The van der Waals surface area contributed by atoms with Crippen LogP contribution in [-0.4, -0.2) is 42.8 Å². The highest BCUT2D eigenvalue weighted by atomic mass is 28.4. The molecule has 3 aliphatic carbocycles. The number of fused-ring (bicyclic) bond motifs is 1. The van der Waals surface area contributed by atoms with Gasteiger partial charge in [-0.1, -0.05) is 113 Å². The SMILES string of the molecule is C=C1C(O[Si](C)(C)C(C)(C)C)CC(C#CC2=CCC[C@]3(C)[C@@H]([C@@H](C)CCCC(C)(C)O[Si](CC)(CC)CC)CC[C@@H]23)=C(C)[C@H]1O[Si](C)(C)C(C)(C)C. The lowest BCUT2D eigenvalue weighted by Crippen LogP contribution is -2.50. The summed E-state index contributed by atoms with van der Waals surface area (Å²) in [6.07, 6.45) is 11.8. The standard InChI is InChI=1S/C46H84O3Si3/c1-20-52(21-2,22-3)49-45(13,14)31-23-25-34(4)39-29-30-40-37(26-24-32-46(39,40)15)27-28-38-33-41(47-50(16,17)43(7,8)9)36(6)42(35(38)5)48-51(18,19)44(10,11)12/h26,34,39-42H,6,20-25,29-33H2,1-5,7-19H3/t34-,39+,40-,41?,42+,46+/m0/s1. The lowest BCUT2D eigenvalue weighted by molar-refractivity contribution is 0.0736.